The number of carboxylic acids is 2. The van der Waals surface area contributed by atoms with Gasteiger partial charge in [-0.1, -0.05) is 12.1 Å². The summed E-state index contributed by atoms with van der Waals surface area (Å²) in [5, 5.41) is 17.1. The van der Waals surface area contributed by atoms with Crippen molar-refractivity contribution in [2.24, 2.45) is 0 Å². The van der Waals surface area contributed by atoms with Crippen LogP contribution in [0.4, 0.5) is 0 Å². The van der Waals surface area contributed by atoms with Crippen molar-refractivity contribution in [3.63, 3.8) is 0 Å². The third kappa shape index (κ3) is 14.3. The molecule has 0 radical (unpaired) electrons. The molecule has 0 aromatic heterocycles. The number of rotatable bonds is 2. The standard InChI is InChI=1S/C8H6O4.2K.H3O4P/c9-7(10)5-3-1-2-4-6(5)8(11)12;;;1-5(2,3)4/h1-4H,(H,9,10)(H,11,12);;;(H3,1,2,3,4)/q;2*+1;/p-2. The Morgan fingerprint density at radius 3 is 1.32 bits per heavy atom. The Hall–Kier alpha value is 1.54. The van der Waals surface area contributed by atoms with E-state index in [0.717, 1.165) is 0 Å². The van der Waals surface area contributed by atoms with Crippen molar-refractivity contribution in [2.75, 3.05) is 0 Å². The Bertz CT molecular complexity index is 430. The average molecular weight is 340 g/mol. The second kappa shape index (κ2) is 12.1. The Kier molecular flexibility index (Phi) is 16.3. The third-order valence-corrected chi connectivity index (χ3v) is 1.39. The van der Waals surface area contributed by atoms with E-state index in [0.29, 0.717) is 0 Å². The number of carboxylic acid groups (broad SMARTS) is 2. The largest absolute Gasteiger partial charge is 1.00 e. The van der Waals surface area contributed by atoms with Crippen LogP contribution in [0.3, 0.4) is 0 Å². The van der Waals surface area contributed by atoms with Crippen LogP contribution in [0.5, 0.6) is 0 Å². The minimum atomic E-state index is -5.14. The summed E-state index contributed by atoms with van der Waals surface area (Å²) in [6.45, 7) is 0. The maximum atomic E-state index is 10.5. The van der Waals surface area contributed by atoms with Gasteiger partial charge in [-0.05, 0) is 12.1 Å². The fourth-order valence-corrected chi connectivity index (χ4v) is 0.856. The summed E-state index contributed by atoms with van der Waals surface area (Å²) in [6.07, 6.45) is 0. The zero-order chi connectivity index (χ0) is 13.6. The molecule has 19 heavy (non-hydrogen) atoms. The molecule has 1 rings (SSSR count). The van der Waals surface area contributed by atoms with E-state index in [2.05, 4.69) is 0 Å². The molecule has 11 heteroatoms. The molecular weight excluding hydrogens is 333 g/mol. The smallest absolute Gasteiger partial charge is 0.790 e. The number of hydrogen-bond acceptors (Lipinski definition) is 5. The van der Waals surface area contributed by atoms with Crippen LogP contribution in [0.15, 0.2) is 24.3 Å². The van der Waals surface area contributed by atoms with Crippen molar-refractivity contribution in [3.8, 4) is 0 Å². The first-order valence-electron chi connectivity index (χ1n) is 3.93. The Labute approximate surface area is 193 Å². The van der Waals surface area contributed by atoms with E-state index < -0.39 is 19.8 Å². The van der Waals surface area contributed by atoms with Gasteiger partial charge in [-0.15, -0.1) is 0 Å². The van der Waals surface area contributed by atoms with Gasteiger partial charge in [0.2, 0.25) is 0 Å². The van der Waals surface area contributed by atoms with Gasteiger partial charge < -0.3 is 29.5 Å². The molecule has 0 fully saturated rings. The molecule has 8 nitrogen and oxygen atoms in total. The van der Waals surface area contributed by atoms with Crippen molar-refractivity contribution in [3.05, 3.63) is 35.4 Å². The number of phosphoric acid groups is 1. The normalized spacial score (nSPS) is 9.00. The monoisotopic (exact) mass is 340 g/mol. The van der Waals surface area contributed by atoms with Crippen LogP contribution in [0.2, 0.25) is 0 Å². The second-order valence-electron chi connectivity index (χ2n) is 2.62. The van der Waals surface area contributed by atoms with Gasteiger partial charge in [-0.25, -0.2) is 9.59 Å². The van der Waals surface area contributed by atoms with Gasteiger partial charge in [0, 0.05) is 0 Å². The average Bonchev–Trinajstić information content (AvgIpc) is 2.15. The number of benzene rings is 1. The van der Waals surface area contributed by atoms with Crippen LogP contribution in [0.25, 0.3) is 0 Å². The number of aromatic carboxylic acids is 2. The summed E-state index contributed by atoms with van der Waals surface area (Å²) < 4.78 is 8.66. The van der Waals surface area contributed by atoms with E-state index in [-0.39, 0.29) is 114 Å². The van der Waals surface area contributed by atoms with E-state index in [9.17, 15) is 9.59 Å². The van der Waals surface area contributed by atoms with Gasteiger partial charge in [-0.3, -0.25) is 0 Å². The number of carbonyl (C=O) groups is 2. The SMILES string of the molecule is O=C(O)c1ccccc1C(=O)O.O=P([O-])([O-])O.[K+].[K+]. The van der Waals surface area contributed by atoms with E-state index >= 15 is 0 Å². The van der Waals surface area contributed by atoms with Crippen molar-refractivity contribution < 1.29 is 142 Å². The van der Waals surface area contributed by atoms with Crippen molar-refractivity contribution in [2.45, 2.75) is 0 Å². The molecule has 0 bridgehead atoms. The molecule has 0 amide bonds. The third-order valence-electron chi connectivity index (χ3n) is 1.39. The summed E-state index contributed by atoms with van der Waals surface area (Å²) in [7, 11) is -5.14. The molecule has 0 unspecified atom stereocenters. The first-order valence-corrected chi connectivity index (χ1v) is 5.43. The summed E-state index contributed by atoms with van der Waals surface area (Å²) in [5.74, 6) is -2.46. The molecule has 0 atom stereocenters. The van der Waals surface area contributed by atoms with Crippen molar-refractivity contribution in [1.29, 1.82) is 0 Å². The molecule has 0 aliphatic rings. The Morgan fingerprint density at radius 2 is 1.16 bits per heavy atom. The molecule has 1 aromatic rings. The number of hydrogen-bond donors (Lipinski definition) is 3. The van der Waals surface area contributed by atoms with Crippen molar-refractivity contribution >= 4 is 19.8 Å². The molecule has 0 heterocycles. The van der Waals surface area contributed by atoms with Crippen molar-refractivity contribution in [1.82, 2.24) is 0 Å². The van der Waals surface area contributed by atoms with Gasteiger partial charge in [0.15, 0.2) is 0 Å². The molecule has 0 aliphatic heterocycles. The Balaban J connectivity index is -0.000000320. The van der Waals surface area contributed by atoms with Gasteiger partial charge in [0.05, 0.1) is 18.9 Å². The van der Waals surface area contributed by atoms with Gasteiger partial charge in [0.1, 0.15) is 0 Å². The van der Waals surface area contributed by atoms with E-state index in [4.69, 9.17) is 29.5 Å². The fraction of sp³-hybridized carbons (Fsp3) is 0. The van der Waals surface area contributed by atoms with Gasteiger partial charge in [0.25, 0.3) is 0 Å². The molecule has 94 valence electrons. The molecule has 1 aromatic carbocycles. The van der Waals surface area contributed by atoms with Crippen LogP contribution in [-0.2, 0) is 4.57 Å². The van der Waals surface area contributed by atoms with Crippen LogP contribution in [0, 0.1) is 0 Å². The zero-order valence-corrected chi connectivity index (χ0v) is 17.3. The first-order chi connectivity index (χ1) is 7.63. The maximum Gasteiger partial charge on any atom is 1.00 e. The molecule has 0 saturated carbocycles. The minimum Gasteiger partial charge on any atom is -0.790 e. The van der Waals surface area contributed by atoms with Crippen LogP contribution < -0.4 is 113 Å². The molecular formula is C8H7K2O8P. The van der Waals surface area contributed by atoms with E-state index in [1.807, 2.05) is 0 Å². The molecule has 0 spiro atoms. The van der Waals surface area contributed by atoms with E-state index in [1.165, 1.54) is 24.3 Å². The fourth-order valence-electron chi connectivity index (χ4n) is 0.856. The summed E-state index contributed by atoms with van der Waals surface area (Å²) in [6, 6.07) is 5.48. The summed E-state index contributed by atoms with van der Waals surface area (Å²) in [4.78, 5) is 45.2. The molecule has 0 aliphatic carbocycles. The maximum absolute atomic E-state index is 10.5. The zero-order valence-electron chi connectivity index (χ0n) is 10.1. The molecule has 3 N–H and O–H groups in total. The topological polar surface area (TPSA) is 158 Å². The quantitative estimate of drug-likeness (QED) is 0.354. The van der Waals surface area contributed by atoms with Crippen LogP contribution in [-0.4, -0.2) is 27.0 Å². The van der Waals surface area contributed by atoms with Gasteiger partial charge >= 0.3 is 115 Å². The first kappa shape index (κ1) is 25.5. The van der Waals surface area contributed by atoms with Crippen LogP contribution >= 0.6 is 7.82 Å². The summed E-state index contributed by atoms with van der Waals surface area (Å²) >= 11 is 0. The van der Waals surface area contributed by atoms with Gasteiger partial charge in [-0.2, -0.15) is 0 Å². The Morgan fingerprint density at radius 1 is 0.947 bits per heavy atom. The van der Waals surface area contributed by atoms with E-state index in [1.54, 1.807) is 0 Å². The summed E-state index contributed by atoms with van der Waals surface area (Å²) in [5.41, 5.74) is -0.380. The predicted octanol–water partition coefficient (Wildman–Crippen LogP) is -7.10. The van der Waals surface area contributed by atoms with Crippen LogP contribution in [0.1, 0.15) is 20.7 Å². The molecule has 0 saturated heterocycles. The predicted molar refractivity (Wildman–Crippen MR) is 50.2 cm³/mol. The second-order valence-corrected chi connectivity index (χ2v) is 3.56. The minimum absolute atomic E-state index is 0.